The summed E-state index contributed by atoms with van der Waals surface area (Å²) < 4.78 is 11.3. The van der Waals surface area contributed by atoms with Gasteiger partial charge in [-0.25, -0.2) is 0 Å². The Hall–Kier alpha value is -2.90. The maximum absolute atomic E-state index is 12.5. The maximum atomic E-state index is 12.5. The van der Waals surface area contributed by atoms with Crippen molar-refractivity contribution in [2.45, 2.75) is 24.9 Å². The first kappa shape index (κ1) is 26.7. The van der Waals surface area contributed by atoms with Gasteiger partial charge < -0.3 is 24.4 Å². The van der Waals surface area contributed by atoms with Gasteiger partial charge in [-0.05, 0) is 72.5 Å². The van der Waals surface area contributed by atoms with Crippen LogP contribution in [0.15, 0.2) is 66.7 Å². The highest BCUT2D eigenvalue weighted by Gasteiger charge is 2.23. The zero-order valence-corrected chi connectivity index (χ0v) is 22.4. The molecule has 2 aliphatic heterocycles. The van der Waals surface area contributed by atoms with Crippen LogP contribution in [0.5, 0.6) is 5.75 Å². The number of hydrogen-bond acceptors (Lipinski definition) is 5. The van der Waals surface area contributed by atoms with Crippen LogP contribution >= 0.6 is 11.6 Å². The summed E-state index contributed by atoms with van der Waals surface area (Å²) in [5.74, 6) is 1.08. The Bertz CT molecular complexity index is 1270. The number of halogens is 1. The Morgan fingerprint density at radius 2 is 1.79 bits per heavy atom. The van der Waals surface area contributed by atoms with Gasteiger partial charge in [0.2, 0.25) is 5.91 Å². The average molecular weight is 535 g/mol. The predicted octanol–water partition coefficient (Wildman–Crippen LogP) is 4.98. The van der Waals surface area contributed by atoms with Crippen molar-refractivity contribution in [1.82, 2.24) is 9.80 Å². The number of aliphatic hydroxyl groups is 1. The lowest BCUT2D eigenvalue weighted by Gasteiger charge is -2.33. The van der Waals surface area contributed by atoms with E-state index in [4.69, 9.17) is 21.1 Å². The van der Waals surface area contributed by atoms with Crippen molar-refractivity contribution in [1.29, 1.82) is 0 Å². The van der Waals surface area contributed by atoms with Crippen LogP contribution in [0.3, 0.4) is 0 Å². The quantitative estimate of drug-likeness (QED) is 0.413. The molecule has 3 aromatic rings. The molecule has 0 radical (unpaired) electrons. The van der Waals surface area contributed by atoms with Crippen molar-refractivity contribution in [3.05, 3.63) is 82.9 Å². The molecule has 38 heavy (non-hydrogen) atoms. The molecule has 0 unspecified atom stereocenters. The minimum atomic E-state index is -0.616. The second-order valence-electron chi connectivity index (χ2n) is 10.1. The van der Waals surface area contributed by atoms with Gasteiger partial charge in [-0.3, -0.25) is 4.79 Å². The number of aliphatic hydroxyl groups excluding tert-OH is 1. The highest BCUT2D eigenvalue weighted by Crippen LogP contribution is 2.30. The van der Waals surface area contributed by atoms with Crippen molar-refractivity contribution >= 4 is 34.4 Å². The Morgan fingerprint density at radius 3 is 2.58 bits per heavy atom. The fourth-order valence-electron chi connectivity index (χ4n) is 5.28. The van der Waals surface area contributed by atoms with Crippen LogP contribution in [0.2, 0.25) is 5.02 Å². The number of hydrogen-bond donors (Lipinski definition) is 1. The van der Waals surface area contributed by atoms with Crippen molar-refractivity contribution in [2.75, 3.05) is 52.5 Å². The van der Waals surface area contributed by atoms with E-state index >= 15 is 0 Å². The topological polar surface area (TPSA) is 62.2 Å². The zero-order chi connectivity index (χ0) is 26.3. The first-order chi connectivity index (χ1) is 18.5. The van der Waals surface area contributed by atoms with Gasteiger partial charge in [-0.1, -0.05) is 54.1 Å². The zero-order valence-electron chi connectivity index (χ0n) is 21.6. The molecule has 0 aliphatic carbocycles. The van der Waals surface area contributed by atoms with Crippen molar-refractivity contribution in [3.8, 4) is 5.75 Å². The predicted molar refractivity (Wildman–Crippen MR) is 152 cm³/mol. The molecular formula is C31H35ClN2O4. The summed E-state index contributed by atoms with van der Waals surface area (Å²) in [6.45, 7) is 4.94. The van der Waals surface area contributed by atoms with Crippen LogP contribution < -0.4 is 4.74 Å². The molecule has 1 N–H and O–H groups in total. The van der Waals surface area contributed by atoms with Crippen LogP contribution in [-0.2, 0) is 9.53 Å². The van der Waals surface area contributed by atoms with E-state index in [-0.39, 0.29) is 12.5 Å². The van der Waals surface area contributed by atoms with Gasteiger partial charge in [0.25, 0.3) is 0 Å². The molecule has 0 saturated carbocycles. The standard InChI is InChI=1S/C31H35ClN2O4/c32-28-8-9-30(27(20-28)7-10-31(36)34-15-17-37-18-16-34)38-22-29(35)21-33-13-11-24(12-14-33)26-6-5-23-3-1-2-4-25(23)19-26/h1-10,19-20,24,29,35H,11-18,21-22H2/t29-/m0/s1. The fraction of sp³-hybridized carbons (Fsp3) is 0.387. The van der Waals surface area contributed by atoms with E-state index in [1.807, 2.05) is 0 Å². The molecule has 3 aromatic carbocycles. The molecule has 200 valence electrons. The number of amides is 1. The van der Waals surface area contributed by atoms with E-state index in [0.29, 0.717) is 55.1 Å². The first-order valence-electron chi connectivity index (χ1n) is 13.4. The minimum absolute atomic E-state index is 0.0636. The number of carbonyl (C=O) groups is 1. The van der Waals surface area contributed by atoms with Gasteiger partial charge in [0.1, 0.15) is 18.5 Å². The highest BCUT2D eigenvalue weighted by atomic mass is 35.5. The molecule has 6 nitrogen and oxygen atoms in total. The van der Waals surface area contributed by atoms with Gasteiger partial charge in [-0.2, -0.15) is 0 Å². The van der Waals surface area contributed by atoms with Crippen LogP contribution in [0.25, 0.3) is 16.8 Å². The van der Waals surface area contributed by atoms with Gasteiger partial charge in [0.15, 0.2) is 0 Å². The van der Waals surface area contributed by atoms with Gasteiger partial charge in [0.05, 0.1) is 13.2 Å². The number of benzene rings is 3. The maximum Gasteiger partial charge on any atom is 0.246 e. The number of β-amino-alcohol motifs (C(OH)–C–C–N with tert-alkyl or cyclic N) is 1. The van der Waals surface area contributed by atoms with Crippen molar-refractivity contribution in [3.63, 3.8) is 0 Å². The third kappa shape index (κ3) is 6.94. The van der Waals surface area contributed by atoms with E-state index in [9.17, 15) is 9.90 Å². The van der Waals surface area contributed by atoms with Gasteiger partial charge in [-0.15, -0.1) is 0 Å². The molecule has 1 atom stereocenters. The molecule has 1 amide bonds. The highest BCUT2D eigenvalue weighted by molar-refractivity contribution is 6.30. The average Bonchev–Trinajstić information content (AvgIpc) is 2.96. The molecule has 0 bridgehead atoms. The molecule has 0 aromatic heterocycles. The number of ether oxygens (including phenoxy) is 2. The number of rotatable bonds is 8. The second kappa shape index (κ2) is 12.8. The van der Waals surface area contributed by atoms with E-state index < -0.39 is 6.10 Å². The minimum Gasteiger partial charge on any atom is -0.490 e. The monoisotopic (exact) mass is 534 g/mol. The molecule has 2 heterocycles. The largest absolute Gasteiger partial charge is 0.490 e. The molecule has 7 heteroatoms. The number of likely N-dealkylation sites (tertiary alicyclic amines) is 1. The van der Waals surface area contributed by atoms with E-state index in [1.54, 1.807) is 35.3 Å². The van der Waals surface area contributed by atoms with E-state index in [1.165, 1.54) is 16.3 Å². The van der Waals surface area contributed by atoms with E-state index in [2.05, 4.69) is 47.4 Å². The van der Waals surface area contributed by atoms with Crippen LogP contribution in [-0.4, -0.2) is 79.5 Å². The fourth-order valence-corrected chi connectivity index (χ4v) is 5.46. The summed E-state index contributed by atoms with van der Waals surface area (Å²) >= 11 is 6.20. The summed E-state index contributed by atoms with van der Waals surface area (Å²) in [6, 6.07) is 20.6. The summed E-state index contributed by atoms with van der Waals surface area (Å²) in [5.41, 5.74) is 2.12. The second-order valence-corrected chi connectivity index (χ2v) is 10.5. The lowest BCUT2D eigenvalue weighted by atomic mass is 9.88. The smallest absolute Gasteiger partial charge is 0.246 e. The molecule has 5 rings (SSSR count). The Morgan fingerprint density at radius 1 is 1.03 bits per heavy atom. The van der Waals surface area contributed by atoms with E-state index in [0.717, 1.165) is 25.9 Å². The van der Waals surface area contributed by atoms with Crippen molar-refractivity contribution < 1.29 is 19.4 Å². The van der Waals surface area contributed by atoms with Crippen LogP contribution in [0.1, 0.15) is 29.9 Å². The number of nitrogens with zero attached hydrogens (tertiary/aromatic N) is 2. The third-order valence-corrected chi connectivity index (χ3v) is 7.67. The molecule has 2 fully saturated rings. The molecule has 0 spiro atoms. The first-order valence-corrected chi connectivity index (χ1v) is 13.8. The Kier molecular flexibility index (Phi) is 8.97. The van der Waals surface area contributed by atoms with Crippen LogP contribution in [0.4, 0.5) is 0 Å². The SMILES string of the molecule is O=C(C=Cc1cc(Cl)ccc1OC[C@@H](O)CN1CCC(c2ccc3ccccc3c2)CC1)N1CCOCC1. The third-order valence-electron chi connectivity index (χ3n) is 7.43. The number of morpholine rings is 1. The number of carbonyl (C=O) groups excluding carboxylic acids is 1. The molecule has 2 aliphatic rings. The molecule has 2 saturated heterocycles. The number of piperidine rings is 1. The van der Waals surface area contributed by atoms with Gasteiger partial charge in [0, 0.05) is 36.3 Å². The van der Waals surface area contributed by atoms with Crippen LogP contribution in [0, 0.1) is 0 Å². The van der Waals surface area contributed by atoms with Gasteiger partial charge >= 0.3 is 0 Å². The normalized spacial score (nSPS) is 18.2. The summed E-state index contributed by atoms with van der Waals surface area (Å²) in [6.07, 6.45) is 4.81. The lowest BCUT2D eigenvalue weighted by Crippen LogP contribution is -2.40. The van der Waals surface area contributed by atoms with Crippen molar-refractivity contribution in [2.24, 2.45) is 0 Å². The summed E-state index contributed by atoms with van der Waals surface area (Å²) in [5, 5.41) is 13.8. The summed E-state index contributed by atoms with van der Waals surface area (Å²) in [4.78, 5) is 16.6. The molecular weight excluding hydrogens is 500 g/mol. The number of fused-ring (bicyclic) bond motifs is 1. The lowest BCUT2D eigenvalue weighted by molar-refractivity contribution is -0.129. The Balaban J connectivity index is 1.11. The summed E-state index contributed by atoms with van der Waals surface area (Å²) in [7, 11) is 0. The Labute approximate surface area is 229 Å².